The summed E-state index contributed by atoms with van der Waals surface area (Å²) in [5, 5.41) is 0. The summed E-state index contributed by atoms with van der Waals surface area (Å²) >= 11 is 0. The maximum Gasteiger partial charge on any atom is 0.141 e. The van der Waals surface area contributed by atoms with Gasteiger partial charge in [-0.3, -0.25) is 4.98 Å². The van der Waals surface area contributed by atoms with Crippen molar-refractivity contribution in [2.75, 3.05) is 5.73 Å². The molecule has 1 atom stereocenters. The summed E-state index contributed by atoms with van der Waals surface area (Å²) in [5.41, 5.74) is 4.68. The van der Waals surface area contributed by atoms with E-state index in [9.17, 15) is 0 Å². The average molecular weight is 160 g/mol. The standard InChI is InChI=1S/C8H13N3/c1-3-6(2)7-4-11-8(9)5-10-7/h4-6H,3H2,1-2H3,(H2,9,11)/i1D3,2D3,3D2,6D. The molecule has 0 amide bonds. The topological polar surface area (TPSA) is 51.8 Å². The highest BCUT2D eigenvalue weighted by molar-refractivity contribution is 5.23. The van der Waals surface area contributed by atoms with Crippen LogP contribution in [-0.2, 0) is 0 Å². The van der Waals surface area contributed by atoms with Crippen LogP contribution in [0, 0.1) is 0 Å². The van der Waals surface area contributed by atoms with Crippen molar-refractivity contribution in [2.45, 2.75) is 26.0 Å². The summed E-state index contributed by atoms with van der Waals surface area (Å²) in [4.78, 5) is 7.12. The van der Waals surface area contributed by atoms with Crippen molar-refractivity contribution in [3.8, 4) is 0 Å². The van der Waals surface area contributed by atoms with Crippen LogP contribution in [0.15, 0.2) is 12.4 Å². The molecule has 2 N–H and O–H groups in total. The van der Waals surface area contributed by atoms with Crippen LogP contribution in [0.4, 0.5) is 5.82 Å². The molecule has 1 aromatic rings. The molecule has 3 nitrogen and oxygen atoms in total. The fourth-order valence-corrected chi connectivity index (χ4v) is 0.531. The second-order valence-electron chi connectivity index (χ2n) is 1.83. The minimum absolute atomic E-state index is 0.0592. The molecule has 0 aromatic carbocycles. The summed E-state index contributed by atoms with van der Waals surface area (Å²) in [7, 11) is 0. The fourth-order valence-electron chi connectivity index (χ4n) is 0.531. The first kappa shape index (κ1) is 2.19. The van der Waals surface area contributed by atoms with Gasteiger partial charge in [-0.2, -0.15) is 0 Å². The summed E-state index contributed by atoms with van der Waals surface area (Å²) < 4.78 is 66.9. The number of anilines is 1. The number of nitrogen functional groups attached to an aromatic ring is 1. The SMILES string of the molecule is [2H]C([2H])([2H])C([2H])([2H])C([2H])(c1cnc(N)cn1)C([2H])([2H])[2H]. The molecule has 1 heterocycles. The minimum Gasteiger partial charge on any atom is -0.382 e. The van der Waals surface area contributed by atoms with Crippen LogP contribution < -0.4 is 5.73 Å². The summed E-state index contributed by atoms with van der Waals surface area (Å²) in [5.74, 6) is -3.16. The zero-order chi connectivity index (χ0) is 16.0. The Morgan fingerprint density at radius 1 is 1.82 bits per heavy atom. The third-order valence-corrected chi connectivity index (χ3v) is 1.05. The van der Waals surface area contributed by atoms with Crippen LogP contribution in [0.25, 0.3) is 0 Å². The van der Waals surface area contributed by atoms with Crippen molar-refractivity contribution in [1.29, 1.82) is 0 Å². The van der Waals surface area contributed by atoms with E-state index in [2.05, 4.69) is 9.97 Å². The number of rotatable bonds is 2. The van der Waals surface area contributed by atoms with Gasteiger partial charge >= 0.3 is 0 Å². The molecular formula is C8H13N3. The molecular weight excluding hydrogens is 138 g/mol. The second-order valence-corrected chi connectivity index (χ2v) is 1.83. The lowest BCUT2D eigenvalue weighted by Gasteiger charge is -2.05. The Morgan fingerprint density at radius 3 is 3.27 bits per heavy atom. The molecule has 0 aliphatic carbocycles. The number of nitrogens with zero attached hydrogens (tertiary/aromatic N) is 2. The van der Waals surface area contributed by atoms with Gasteiger partial charge in [-0.15, -0.1) is 0 Å². The van der Waals surface area contributed by atoms with E-state index in [4.69, 9.17) is 18.1 Å². The normalized spacial score (nSPS) is 31.5. The third-order valence-electron chi connectivity index (χ3n) is 1.05. The summed E-state index contributed by atoms with van der Waals surface area (Å²) in [6.45, 7) is -6.60. The van der Waals surface area contributed by atoms with E-state index < -0.39 is 31.7 Å². The number of aromatic nitrogens is 2. The molecule has 0 radical (unpaired) electrons. The summed E-state index contributed by atoms with van der Waals surface area (Å²) in [6, 6.07) is 0. The molecule has 0 aliphatic heterocycles. The van der Waals surface area contributed by atoms with Crippen molar-refractivity contribution in [2.24, 2.45) is 0 Å². The van der Waals surface area contributed by atoms with E-state index in [0.29, 0.717) is 0 Å². The van der Waals surface area contributed by atoms with Crippen molar-refractivity contribution < 1.29 is 12.3 Å². The number of hydrogen-bond donors (Lipinski definition) is 1. The highest BCUT2D eigenvalue weighted by atomic mass is 14.9. The van der Waals surface area contributed by atoms with Crippen molar-refractivity contribution in [1.82, 2.24) is 9.97 Å². The molecule has 0 spiro atoms. The number of nitrogens with two attached hydrogens (primary N) is 1. The number of hydrogen-bond acceptors (Lipinski definition) is 3. The molecule has 0 fully saturated rings. The van der Waals surface area contributed by atoms with Crippen LogP contribution in [0.1, 0.15) is 44.0 Å². The molecule has 0 aliphatic rings. The van der Waals surface area contributed by atoms with Gasteiger partial charge in [0.25, 0.3) is 0 Å². The molecule has 60 valence electrons. The zero-order valence-electron chi connectivity index (χ0n) is 14.6. The molecule has 1 rings (SSSR count). The van der Waals surface area contributed by atoms with Gasteiger partial charge in [0.2, 0.25) is 0 Å². The monoisotopic (exact) mass is 160 g/mol. The Kier molecular flexibility index (Phi) is 0.660. The first-order chi connectivity index (χ1) is 8.75. The van der Waals surface area contributed by atoms with Gasteiger partial charge in [0.05, 0.1) is 18.1 Å². The van der Waals surface area contributed by atoms with E-state index in [0.717, 1.165) is 12.4 Å². The minimum atomic E-state index is -3.37. The van der Waals surface area contributed by atoms with Gasteiger partial charge in [-0.25, -0.2) is 4.98 Å². The van der Waals surface area contributed by atoms with Crippen LogP contribution in [-0.4, -0.2) is 9.97 Å². The van der Waals surface area contributed by atoms with Gasteiger partial charge in [0, 0.05) is 12.3 Å². The Morgan fingerprint density at radius 2 is 2.73 bits per heavy atom. The largest absolute Gasteiger partial charge is 0.382 e. The van der Waals surface area contributed by atoms with E-state index in [1.807, 2.05) is 0 Å². The van der Waals surface area contributed by atoms with Crippen LogP contribution in [0.3, 0.4) is 0 Å². The van der Waals surface area contributed by atoms with Crippen molar-refractivity contribution in [3.05, 3.63) is 18.1 Å². The lowest BCUT2D eigenvalue weighted by Crippen LogP contribution is -1.98. The van der Waals surface area contributed by atoms with Gasteiger partial charge in [-0.05, 0) is 12.3 Å². The average Bonchev–Trinajstić information content (AvgIpc) is 2.25. The van der Waals surface area contributed by atoms with Gasteiger partial charge in [0.1, 0.15) is 5.82 Å². The maximum absolute atomic E-state index is 8.00. The Balaban J connectivity index is 3.58. The predicted octanol–water partition coefficient (Wildman–Crippen LogP) is 1.57. The Labute approximate surface area is 79.3 Å². The fraction of sp³-hybridized carbons (Fsp3) is 0.500. The molecule has 1 unspecified atom stereocenters. The lowest BCUT2D eigenvalue weighted by atomic mass is 10.1. The Bertz CT molecular complexity index is 477. The maximum atomic E-state index is 8.00. The first-order valence-corrected chi connectivity index (χ1v) is 2.83. The van der Waals surface area contributed by atoms with Gasteiger partial charge < -0.3 is 5.73 Å². The summed E-state index contributed by atoms with van der Waals surface area (Å²) in [6.07, 6.45) is -1.62. The Hall–Kier alpha value is -1.12. The van der Waals surface area contributed by atoms with Crippen molar-refractivity contribution in [3.63, 3.8) is 0 Å². The van der Waals surface area contributed by atoms with Crippen LogP contribution in [0.2, 0.25) is 0 Å². The highest BCUT2D eigenvalue weighted by Crippen LogP contribution is 2.14. The predicted molar refractivity (Wildman–Crippen MR) is 45.2 cm³/mol. The molecule has 0 saturated heterocycles. The zero-order valence-corrected chi connectivity index (χ0v) is 5.63. The quantitative estimate of drug-likeness (QED) is 0.714. The molecule has 1 aromatic heterocycles. The van der Waals surface area contributed by atoms with Crippen molar-refractivity contribution >= 4 is 5.82 Å². The van der Waals surface area contributed by atoms with E-state index in [-0.39, 0.29) is 5.82 Å². The smallest absolute Gasteiger partial charge is 0.141 e. The molecule has 0 bridgehead atoms. The lowest BCUT2D eigenvalue weighted by molar-refractivity contribution is 0.703. The van der Waals surface area contributed by atoms with Crippen LogP contribution in [0.5, 0.6) is 0 Å². The van der Waals surface area contributed by atoms with Gasteiger partial charge in [0.15, 0.2) is 0 Å². The van der Waals surface area contributed by atoms with E-state index >= 15 is 0 Å². The van der Waals surface area contributed by atoms with E-state index in [1.165, 1.54) is 0 Å². The molecule has 11 heavy (non-hydrogen) atoms. The van der Waals surface area contributed by atoms with Crippen LogP contribution >= 0.6 is 0 Å². The second kappa shape index (κ2) is 3.32. The molecule has 0 saturated carbocycles. The third kappa shape index (κ3) is 1.90. The molecule has 3 heteroatoms. The van der Waals surface area contributed by atoms with Gasteiger partial charge in [-0.1, -0.05) is 13.7 Å². The highest BCUT2D eigenvalue weighted by Gasteiger charge is 2.03. The van der Waals surface area contributed by atoms with E-state index in [1.54, 1.807) is 0 Å². The first-order valence-electron chi connectivity index (χ1n) is 7.33.